The Hall–Kier alpha value is -11.5. The summed E-state index contributed by atoms with van der Waals surface area (Å²) in [5.41, 5.74) is 21.9. The molecular formula is C115H112Hf2N4S2-4. The Morgan fingerprint density at radius 2 is 0.528 bits per heavy atom. The fraction of sp³-hybridized carbons (Fsp3) is 0.139. The van der Waals surface area contributed by atoms with E-state index in [2.05, 4.69) is 282 Å². The molecule has 1 N–H and O–H groups in total. The van der Waals surface area contributed by atoms with Gasteiger partial charge in [-0.2, -0.15) is 172 Å². The quantitative estimate of drug-likeness (QED) is 0.109. The van der Waals surface area contributed by atoms with Crippen molar-refractivity contribution in [3.63, 3.8) is 0 Å². The van der Waals surface area contributed by atoms with E-state index in [-0.39, 0.29) is 73.3 Å². The number of fused-ring (bicyclic) bond motifs is 6. The maximum Gasteiger partial charge on any atom is 4.00 e. The number of nitrogens with zero attached hydrogens (tertiary/aromatic N) is 3. The van der Waals surface area contributed by atoms with Gasteiger partial charge in [0, 0.05) is 37.1 Å². The molecule has 0 atom stereocenters. The summed E-state index contributed by atoms with van der Waals surface area (Å²) in [4.78, 5) is 18.6. The van der Waals surface area contributed by atoms with Gasteiger partial charge in [0.15, 0.2) is 0 Å². The minimum absolute atomic E-state index is 0. The zero-order valence-corrected chi connectivity index (χ0v) is 82.1. The van der Waals surface area contributed by atoms with Crippen molar-refractivity contribution in [3.05, 3.63) is 480 Å². The zero-order valence-electron chi connectivity index (χ0n) is 73.3. The second kappa shape index (κ2) is 44.5. The summed E-state index contributed by atoms with van der Waals surface area (Å²) in [5.74, 6) is 0. The largest absolute Gasteiger partial charge is 4.00 e. The van der Waals surface area contributed by atoms with Crippen LogP contribution in [0.5, 0.6) is 0 Å². The van der Waals surface area contributed by atoms with Crippen molar-refractivity contribution in [2.75, 3.05) is 0 Å². The number of benzene rings is 15. The van der Waals surface area contributed by atoms with Gasteiger partial charge in [-0.05, 0) is 147 Å². The van der Waals surface area contributed by atoms with Crippen molar-refractivity contribution < 1.29 is 51.7 Å². The number of thiazole rings is 2. The first-order chi connectivity index (χ1) is 57.9. The first-order valence-electron chi connectivity index (χ1n) is 41.1. The van der Waals surface area contributed by atoms with Crippen molar-refractivity contribution >= 4 is 86.2 Å². The number of rotatable bonds is 4. The molecule has 0 spiro atoms. The summed E-state index contributed by atoms with van der Waals surface area (Å²) in [6.45, 7) is 53.4. The van der Waals surface area contributed by atoms with E-state index >= 15 is 0 Å². The molecule has 4 nitrogen and oxygen atoms in total. The Morgan fingerprint density at radius 3 is 0.854 bits per heavy atom. The van der Waals surface area contributed by atoms with E-state index < -0.39 is 0 Å². The molecule has 0 unspecified atom stereocenters. The van der Waals surface area contributed by atoms with Crippen LogP contribution in [0.2, 0.25) is 0 Å². The van der Waals surface area contributed by atoms with E-state index in [0.717, 1.165) is 82.8 Å². The fourth-order valence-corrected chi connectivity index (χ4v) is 15.2. The predicted octanol–water partition coefficient (Wildman–Crippen LogP) is 32.4. The smallest absolute Gasteiger partial charge is 0.655 e. The standard InChI is InChI=1S/C33H32N2S.C33H31N2S.7C7H7.2Hf/c2*1-32(2,3)22-13-14-24-21(18-22)17-20-11-12-23(33(4,5)6)19-25(20)30(24)27-15-16-28(34-27)31-35-26-9-7-8-10-29(26)36-31;7*1-7-5-3-2-4-6-7;;/h7-19,34H,1-6H3;7-19H,1-6H3;7*2-6H,1H2;;/q;8*-1;;+4. The van der Waals surface area contributed by atoms with Crippen LogP contribution in [0.3, 0.4) is 0 Å². The van der Waals surface area contributed by atoms with Crippen LogP contribution in [0.25, 0.3) is 107 Å². The van der Waals surface area contributed by atoms with Crippen molar-refractivity contribution in [2.45, 2.75) is 105 Å². The van der Waals surface area contributed by atoms with E-state index in [9.17, 15) is 0 Å². The third-order valence-corrected chi connectivity index (χ3v) is 22.3. The second-order valence-electron chi connectivity index (χ2n) is 34.1. The minimum atomic E-state index is 0. The number of hydrogen-bond acceptors (Lipinski definition) is 4. The number of aromatic amines is 1. The average Bonchev–Trinajstić information content (AvgIpc) is 1.71. The Kier molecular flexibility index (Phi) is 34.5. The molecule has 616 valence electrons. The molecule has 0 aliphatic carbocycles. The molecule has 0 aliphatic rings. The first-order valence-corrected chi connectivity index (χ1v) is 42.7. The average molecular weight is 1970 g/mol. The summed E-state index contributed by atoms with van der Waals surface area (Å²) in [5, 5.41) is 12.1. The summed E-state index contributed by atoms with van der Waals surface area (Å²) in [6.07, 6.45) is 0. The monoisotopic (exact) mass is 1970 g/mol. The number of nitrogens with one attached hydrogen (secondary N) is 1. The normalized spacial score (nSPS) is 10.9. The molecule has 4 aromatic heterocycles. The third-order valence-electron chi connectivity index (χ3n) is 20.2. The molecule has 0 fully saturated rings. The summed E-state index contributed by atoms with van der Waals surface area (Å²) < 4.78 is 2.40. The predicted molar refractivity (Wildman–Crippen MR) is 530 cm³/mol. The number of hydrogen-bond donors (Lipinski definition) is 1. The van der Waals surface area contributed by atoms with Gasteiger partial charge in [-0.25, -0.2) is 9.97 Å². The number of H-pyrrole nitrogens is 1. The van der Waals surface area contributed by atoms with E-state index in [1.807, 2.05) is 224 Å². The van der Waals surface area contributed by atoms with Gasteiger partial charge in [0.25, 0.3) is 0 Å². The van der Waals surface area contributed by atoms with Crippen LogP contribution < -0.4 is 4.98 Å². The van der Waals surface area contributed by atoms with Crippen LogP contribution in [-0.4, -0.2) is 15.0 Å². The van der Waals surface area contributed by atoms with E-state index in [0.29, 0.717) is 0 Å². The molecule has 0 bridgehead atoms. The molecule has 19 aromatic rings. The molecule has 0 saturated heterocycles. The van der Waals surface area contributed by atoms with Gasteiger partial charge in [0.2, 0.25) is 0 Å². The topological polar surface area (TPSA) is 55.7 Å². The van der Waals surface area contributed by atoms with Gasteiger partial charge in [0.05, 0.1) is 26.1 Å². The summed E-state index contributed by atoms with van der Waals surface area (Å²) in [6, 6.07) is 127. The molecule has 0 aliphatic heterocycles. The fourth-order valence-electron chi connectivity index (χ4n) is 13.3. The van der Waals surface area contributed by atoms with Crippen molar-refractivity contribution in [2.24, 2.45) is 0 Å². The van der Waals surface area contributed by atoms with Crippen molar-refractivity contribution in [3.8, 4) is 43.9 Å². The molecule has 0 saturated carbocycles. The molecular weight excluding hydrogens is 1860 g/mol. The second-order valence-corrected chi connectivity index (χ2v) is 36.2. The van der Waals surface area contributed by atoms with Gasteiger partial charge in [0.1, 0.15) is 10.0 Å². The molecule has 4 heterocycles. The maximum absolute atomic E-state index is 5.16. The van der Waals surface area contributed by atoms with Crippen LogP contribution in [0.15, 0.2) is 370 Å². The van der Waals surface area contributed by atoms with E-state index in [1.165, 1.54) is 85.9 Å². The molecule has 8 heteroatoms. The Balaban J connectivity index is 0.000000179. The minimum Gasteiger partial charge on any atom is -0.655 e. The van der Waals surface area contributed by atoms with E-state index in [1.54, 1.807) is 22.7 Å². The van der Waals surface area contributed by atoms with Gasteiger partial charge < -0.3 is 9.97 Å². The number of aromatic nitrogens is 4. The Labute approximate surface area is 779 Å². The third kappa shape index (κ3) is 27.8. The summed E-state index contributed by atoms with van der Waals surface area (Å²) >= 11 is 3.44. The van der Waals surface area contributed by atoms with Crippen LogP contribution in [0, 0.1) is 48.5 Å². The van der Waals surface area contributed by atoms with Gasteiger partial charge in [-0.15, -0.1) is 113 Å². The number of para-hydroxylation sites is 2. The Morgan fingerprint density at radius 1 is 0.252 bits per heavy atom. The van der Waals surface area contributed by atoms with Crippen LogP contribution in [0.1, 0.15) is 144 Å². The van der Waals surface area contributed by atoms with Crippen LogP contribution >= 0.6 is 22.7 Å². The van der Waals surface area contributed by atoms with Crippen LogP contribution in [0.4, 0.5) is 0 Å². The zero-order chi connectivity index (χ0) is 86.3. The molecule has 19 rings (SSSR count). The van der Waals surface area contributed by atoms with Gasteiger partial charge in [-0.3, -0.25) is 0 Å². The molecule has 123 heavy (non-hydrogen) atoms. The van der Waals surface area contributed by atoms with Crippen LogP contribution in [-0.2, 0) is 73.3 Å². The van der Waals surface area contributed by atoms with E-state index in [4.69, 9.17) is 15.0 Å². The Bertz CT molecular complexity index is 5720. The van der Waals surface area contributed by atoms with Crippen molar-refractivity contribution in [1.29, 1.82) is 0 Å². The van der Waals surface area contributed by atoms with Gasteiger partial charge in [-0.1, -0.05) is 234 Å². The summed E-state index contributed by atoms with van der Waals surface area (Å²) in [7, 11) is 0. The van der Waals surface area contributed by atoms with Crippen molar-refractivity contribution in [1.82, 2.24) is 19.9 Å². The SMILES string of the molecule is CC(C)(C)c1ccc2c(-c3ccc(-c4nc5ccccc5s4)[n-]3)c3cc(C(C)(C)C)ccc3cc2c1.CC(C)(C)c1ccc2c(-c3ccc(-c4nc5ccccc5s4)[nH]3)c3cc(C(C)(C)C)ccc3cc2c1.[CH2-]c1ccccc1.[CH2-]c1ccccc1.[CH2-]c1ccccc1.[CH2-]c1ccccc1.[CH2-]c1ccccc1.[CH2-]c1ccccc1.[CH2-]c1ccccc1.[Hf+4].[Hf]. The molecule has 15 aromatic carbocycles. The molecule has 0 amide bonds. The van der Waals surface area contributed by atoms with Gasteiger partial charge >= 0.3 is 25.8 Å². The first kappa shape index (κ1) is 95.3. The maximum atomic E-state index is 5.16. The molecule has 0 radical (unpaired) electrons.